The molecule has 0 aromatic heterocycles. The number of aliphatic hydroxyl groups excluding tert-OH is 14. The second-order valence-electron chi connectivity index (χ2n) is 19.1. The smallest absolute Gasteiger partial charge is 0.335 e. The van der Waals surface area contributed by atoms with Crippen LogP contribution in [-0.2, 0) is 80.9 Å². The molecule has 0 radical (unpaired) electrons. The third-order valence-electron chi connectivity index (χ3n) is 13.5. The van der Waals surface area contributed by atoms with E-state index in [1.807, 2.05) is 0 Å². The Bertz CT molecular complexity index is 2120. The fourth-order valence-corrected chi connectivity index (χ4v) is 9.64. The highest BCUT2D eigenvalue weighted by molar-refractivity contribution is 5.75. The van der Waals surface area contributed by atoms with Gasteiger partial charge in [-0.15, -0.1) is 0 Å². The van der Waals surface area contributed by atoms with Crippen molar-refractivity contribution < 1.29 is 168 Å². The summed E-state index contributed by atoms with van der Waals surface area (Å²) < 4.78 is 61.2. The van der Waals surface area contributed by atoms with Crippen LogP contribution >= 0.6 is 0 Å². The molecule has 0 aromatic rings. The predicted molar refractivity (Wildman–Crippen MR) is 236 cm³/mol. The van der Waals surface area contributed by atoms with E-state index in [4.69, 9.17) is 52.1 Å². The van der Waals surface area contributed by atoms with Crippen LogP contribution in [0.2, 0.25) is 0 Å². The summed E-state index contributed by atoms with van der Waals surface area (Å²) in [6, 6.07) is -5.60. The summed E-state index contributed by atoms with van der Waals surface area (Å²) in [6.07, 6.45) is -59.2. The normalized spacial score (nSPS) is 46.6. The number of hydrogen-bond donors (Lipinski definition) is 20. The van der Waals surface area contributed by atoms with Gasteiger partial charge in [-0.3, -0.25) is 14.4 Å². The van der Waals surface area contributed by atoms with E-state index in [0.717, 1.165) is 20.8 Å². The summed E-state index contributed by atoms with van der Waals surface area (Å²) in [5, 5.41) is 188. The first-order chi connectivity index (χ1) is 37.1. The summed E-state index contributed by atoms with van der Waals surface area (Å²) in [4.78, 5) is 74.7. The van der Waals surface area contributed by atoms with Crippen molar-refractivity contribution in [2.24, 2.45) is 0 Å². The van der Waals surface area contributed by atoms with Gasteiger partial charge in [0, 0.05) is 20.8 Å². The molecule has 20 N–H and O–H groups in total. The van der Waals surface area contributed by atoms with Crippen molar-refractivity contribution in [2.75, 3.05) is 19.8 Å². The quantitative estimate of drug-likeness (QED) is 0.0571. The molecule has 0 unspecified atom stereocenters. The molecule has 6 aliphatic rings. The molecule has 0 spiro atoms. The second-order valence-corrected chi connectivity index (χ2v) is 19.1. The number of carbonyl (C=O) groups is 6. The van der Waals surface area contributed by atoms with Crippen molar-refractivity contribution in [1.29, 1.82) is 0 Å². The number of rotatable bonds is 19. The maximum atomic E-state index is 12.9. The van der Waals surface area contributed by atoms with Crippen LogP contribution in [0.25, 0.3) is 0 Å². The monoisotopic (exact) mass is 1160 g/mol. The molecule has 0 bridgehead atoms. The Morgan fingerprint density at radius 2 is 0.633 bits per heavy atom. The highest BCUT2D eigenvalue weighted by Crippen LogP contribution is 2.37. The number of amides is 3. The van der Waals surface area contributed by atoms with Crippen molar-refractivity contribution in [3.8, 4) is 0 Å². The van der Waals surface area contributed by atoms with Crippen molar-refractivity contribution in [1.82, 2.24) is 16.0 Å². The molecule has 0 aliphatic carbocycles. The lowest BCUT2D eigenvalue weighted by atomic mass is 9.93. The van der Waals surface area contributed by atoms with E-state index in [0.29, 0.717) is 0 Å². The second kappa shape index (κ2) is 26.8. The van der Waals surface area contributed by atoms with Gasteiger partial charge in [0.05, 0.1) is 19.8 Å². The molecule has 452 valence electrons. The minimum Gasteiger partial charge on any atom is -0.479 e. The van der Waals surface area contributed by atoms with Crippen molar-refractivity contribution >= 4 is 35.6 Å². The molecule has 0 aromatic carbocycles. The first-order valence-electron chi connectivity index (χ1n) is 24.1. The molecule has 6 rings (SSSR count). The molecular formula is C42H65N3O34. The molecule has 30 atom stereocenters. The van der Waals surface area contributed by atoms with Gasteiger partial charge in [0.2, 0.25) is 17.7 Å². The third-order valence-corrected chi connectivity index (χ3v) is 13.5. The molecule has 37 heteroatoms. The molecule has 79 heavy (non-hydrogen) atoms. The van der Waals surface area contributed by atoms with Crippen LogP contribution in [0.15, 0.2) is 0 Å². The van der Waals surface area contributed by atoms with Crippen LogP contribution in [-0.4, -0.2) is 326 Å². The summed E-state index contributed by atoms with van der Waals surface area (Å²) in [5.41, 5.74) is 0. The molecule has 6 fully saturated rings. The molecule has 6 saturated heterocycles. The molecular weight excluding hydrogens is 1090 g/mol. The number of hydrogen-bond acceptors (Lipinski definition) is 31. The van der Waals surface area contributed by atoms with Gasteiger partial charge >= 0.3 is 17.9 Å². The number of carboxylic acids is 3. The van der Waals surface area contributed by atoms with Crippen molar-refractivity contribution in [3.63, 3.8) is 0 Å². The minimum absolute atomic E-state index is 0.806. The standard InChI is InChI=1S/C42H65N3O34/c1-7(49)43-13-26(16(52)10(4-46)69-37(13)68)72-41-24(60)21(57)29(32(78-41)35(64)65)75-39-15(45-9(3)51)28(18(54)12(6-48)71-39)74-42-25(61)22(58)30(33(79-42)36(66)67)76-38-14(44-8(2)50)27(17(53)11(5-47)70-38)73-40-23(59)19(55)20(56)31(77-40)34(62)63/h10-33,37-42,46-48,52-61,68H,4-6H2,1-3H3,(H,43,49)(H,44,50)(H,45,51)(H,62,63)(H,64,65)(H,66,67)/t10-,11-,12-,13-,14-,15-,16+,17+,18+,19+,20+,21-,22-,23-,24-,25-,26-,27-,28-,29+,30+,31+,32+,33+,37+,38+,39+,40-,41-,42-/m1/s1. The first-order valence-corrected chi connectivity index (χ1v) is 24.1. The largest absolute Gasteiger partial charge is 0.479 e. The Labute approximate surface area is 443 Å². The van der Waals surface area contributed by atoms with E-state index in [-0.39, 0.29) is 0 Å². The maximum absolute atomic E-state index is 12.9. The SMILES string of the molecule is CC(=O)N[C@@H]1[C@@H](O[C@@H]2O[C@H](C(=O)O)[C@@H](O[C@@H]3O[C@H](CO)[C@H](O)[C@H](O[C@@H]4O[C@H](C(=O)O)[C@@H](O[C@@H]5O[C@H](CO)[C@H](O)[C@H](O[C@@H]6O[C@H](C(=O)O)[C@@H](O)[C@H](O)[C@H]6O)[C@H]5NC(C)=O)[C@H](O)[C@H]4O)[C@H]3NC(C)=O)[C@H](O)[C@H]2O)[C@@H](O)[C@@H](CO)O[C@@H]1O. The average Bonchev–Trinajstić information content (AvgIpc) is 3.54. The van der Waals surface area contributed by atoms with Gasteiger partial charge in [-0.1, -0.05) is 0 Å². The molecule has 6 aliphatic heterocycles. The summed E-state index contributed by atoms with van der Waals surface area (Å²) in [5.74, 6) is -8.58. The minimum atomic E-state index is -2.52. The summed E-state index contributed by atoms with van der Waals surface area (Å²) >= 11 is 0. The fourth-order valence-electron chi connectivity index (χ4n) is 9.64. The van der Waals surface area contributed by atoms with E-state index in [1.54, 1.807) is 0 Å². The van der Waals surface area contributed by atoms with E-state index >= 15 is 0 Å². The van der Waals surface area contributed by atoms with Crippen LogP contribution in [0.4, 0.5) is 0 Å². The van der Waals surface area contributed by atoms with Crippen molar-refractivity contribution in [2.45, 2.75) is 205 Å². The van der Waals surface area contributed by atoms with Gasteiger partial charge in [0.25, 0.3) is 0 Å². The van der Waals surface area contributed by atoms with Gasteiger partial charge < -0.3 is 155 Å². The molecule has 3 amide bonds. The fraction of sp³-hybridized carbons (Fsp3) is 0.857. The number of carboxylic acid groups (broad SMARTS) is 3. The van der Waals surface area contributed by atoms with Crippen molar-refractivity contribution in [3.05, 3.63) is 0 Å². The van der Waals surface area contributed by atoms with E-state index in [2.05, 4.69) is 16.0 Å². The molecule has 37 nitrogen and oxygen atoms in total. The topological polar surface area (TPSA) is 584 Å². The van der Waals surface area contributed by atoms with E-state index in [9.17, 15) is 116 Å². The van der Waals surface area contributed by atoms with Gasteiger partial charge in [-0.2, -0.15) is 0 Å². The zero-order valence-electron chi connectivity index (χ0n) is 41.5. The van der Waals surface area contributed by atoms with Gasteiger partial charge in [-0.25, -0.2) is 14.4 Å². The molecule has 6 heterocycles. The number of nitrogens with one attached hydrogen (secondary N) is 3. The number of aliphatic hydroxyl groups is 14. The highest BCUT2D eigenvalue weighted by Gasteiger charge is 2.60. The molecule has 0 saturated carbocycles. The van der Waals surface area contributed by atoms with Crippen LogP contribution in [0.1, 0.15) is 20.8 Å². The van der Waals surface area contributed by atoms with E-state index in [1.165, 1.54) is 0 Å². The number of aliphatic carboxylic acids is 3. The maximum Gasteiger partial charge on any atom is 0.335 e. The predicted octanol–water partition coefficient (Wildman–Crippen LogP) is -13.4. The summed E-state index contributed by atoms with van der Waals surface area (Å²) in [7, 11) is 0. The Hall–Kier alpha value is -4.18. The highest BCUT2D eigenvalue weighted by atomic mass is 16.8. The Balaban J connectivity index is 1.25. The Morgan fingerprint density at radius 1 is 0.342 bits per heavy atom. The van der Waals surface area contributed by atoms with Crippen LogP contribution in [0.5, 0.6) is 0 Å². The zero-order chi connectivity index (χ0) is 58.8. The van der Waals surface area contributed by atoms with Gasteiger partial charge in [0.1, 0.15) is 128 Å². The van der Waals surface area contributed by atoms with Gasteiger partial charge in [-0.05, 0) is 0 Å². The average molecular weight is 1160 g/mol. The summed E-state index contributed by atoms with van der Waals surface area (Å²) in [6.45, 7) is -0.408. The number of carbonyl (C=O) groups excluding carboxylic acids is 3. The Kier molecular flexibility index (Phi) is 21.7. The zero-order valence-corrected chi connectivity index (χ0v) is 41.5. The lowest BCUT2D eigenvalue weighted by Gasteiger charge is -2.50. The first kappa shape index (κ1) is 64.0. The van der Waals surface area contributed by atoms with Crippen LogP contribution in [0, 0.1) is 0 Å². The Morgan fingerprint density at radius 3 is 0.962 bits per heavy atom. The lowest BCUT2D eigenvalue weighted by Crippen LogP contribution is -2.71. The number of ether oxygens (including phenoxy) is 11. The van der Waals surface area contributed by atoms with Crippen LogP contribution < -0.4 is 16.0 Å². The third kappa shape index (κ3) is 13.8. The van der Waals surface area contributed by atoms with Crippen LogP contribution in [0.3, 0.4) is 0 Å². The van der Waals surface area contributed by atoms with Gasteiger partial charge in [0.15, 0.2) is 56.1 Å². The lowest BCUT2D eigenvalue weighted by molar-refractivity contribution is -0.377. The van der Waals surface area contributed by atoms with E-state index < -0.39 is 239 Å².